The van der Waals surface area contributed by atoms with Crippen LogP contribution in [0.5, 0.6) is 5.75 Å². The molecule has 0 heterocycles. The highest BCUT2D eigenvalue weighted by Gasteiger charge is 2.30. The van der Waals surface area contributed by atoms with Crippen LogP contribution in [0.4, 0.5) is 0 Å². The van der Waals surface area contributed by atoms with E-state index in [1.807, 2.05) is 12.1 Å². The molecule has 0 saturated heterocycles. The number of ether oxygens (including phenoxy) is 1. The van der Waals surface area contributed by atoms with Gasteiger partial charge in [0.15, 0.2) is 0 Å². The zero-order valence-electron chi connectivity index (χ0n) is 8.16. The van der Waals surface area contributed by atoms with Crippen LogP contribution in [-0.2, 0) is 0 Å². The molecule has 1 saturated carbocycles. The Morgan fingerprint density at radius 3 is 2.71 bits per heavy atom. The van der Waals surface area contributed by atoms with E-state index in [0.29, 0.717) is 5.92 Å². The molecule has 1 aromatic carbocycles. The van der Waals surface area contributed by atoms with Crippen LogP contribution in [0.25, 0.3) is 0 Å². The summed E-state index contributed by atoms with van der Waals surface area (Å²) in [4.78, 5) is 0. The second kappa shape index (κ2) is 4.06. The van der Waals surface area contributed by atoms with Crippen LogP contribution in [0.3, 0.4) is 0 Å². The number of nitrogens with two attached hydrogens (primary N) is 1. The minimum Gasteiger partial charge on any atom is -0.497 e. The molecule has 2 rings (SSSR count). The number of benzene rings is 1. The summed E-state index contributed by atoms with van der Waals surface area (Å²) in [6.07, 6.45) is 2.56. The van der Waals surface area contributed by atoms with E-state index in [9.17, 15) is 0 Å². The van der Waals surface area contributed by atoms with E-state index in [2.05, 4.69) is 28.7 Å². The molecule has 1 aliphatic rings. The molecule has 0 spiro atoms. The lowest BCUT2D eigenvalue weighted by molar-refractivity contribution is 0.414. The minimum atomic E-state index is 0.216. The van der Waals surface area contributed by atoms with E-state index in [1.54, 1.807) is 7.11 Å². The summed E-state index contributed by atoms with van der Waals surface area (Å²) >= 11 is 2.33. The third kappa shape index (κ3) is 2.03. The lowest BCUT2D eigenvalue weighted by Crippen LogP contribution is -2.13. The molecule has 14 heavy (non-hydrogen) atoms. The fraction of sp³-hybridized carbons (Fsp3) is 0.455. The molecule has 3 heteroatoms. The second-order valence-electron chi connectivity index (χ2n) is 3.75. The third-order valence-electron chi connectivity index (χ3n) is 2.70. The van der Waals surface area contributed by atoms with Gasteiger partial charge in [0.05, 0.1) is 7.11 Å². The van der Waals surface area contributed by atoms with Gasteiger partial charge in [-0.15, -0.1) is 0 Å². The van der Waals surface area contributed by atoms with Gasteiger partial charge < -0.3 is 10.5 Å². The predicted octanol–water partition coefficient (Wildman–Crippen LogP) is 2.71. The summed E-state index contributed by atoms with van der Waals surface area (Å²) in [6, 6.07) is 6.33. The third-order valence-corrected chi connectivity index (χ3v) is 3.63. The van der Waals surface area contributed by atoms with Gasteiger partial charge in [0.1, 0.15) is 5.75 Å². The van der Waals surface area contributed by atoms with E-state index >= 15 is 0 Å². The van der Waals surface area contributed by atoms with E-state index in [4.69, 9.17) is 10.5 Å². The topological polar surface area (TPSA) is 35.2 Å². The largest absolute Gasteiger partial charge is 0.497 e. The molecule has 1 aromatic rings. The average molecular weight is 303 g/mol. The molecular weight excluding hydrogens is 289 g/mol. The van der Waals surface area contributed by atoms with Gasteiger partial charge in [-0.3, -0.25) is 0 Å². The number of halogens is 1. The van der Waals surface area contributed by atoms with Gasteiger partial charge in [0.25, 0.3) is 0 Å². The number of methoxy groups -OCH3 is 1. The van der Waals surface area contributed by atoms with Crippen molar-refractivity contribution in [2.75, 3.05) is 7.11 Å². The van der Waals surface area contributed by atoms with Gasteiger partial charge in [-0.2, -0.15) is 0 Å². The molecule has 1 fully saturated rings. The SMILES string of the molecule is COc1ccc([C@@H](N)C2CC2)c(I)c1. The highest BCUT2D eigenvalue weighted by molar-refractivity contribution is 14.1. The van der Waals surface area contributed by atoms with Gasteiger partial charge in [-0.25, -0.2) is 0 Å². The number of hydrogen-bond acceptors (Lipinski definition) is 2. The highest BCUT2D eigenvalue weighted by atomic mass is 127. The summed E-state index contributed by atoms with van der Waals surface area (Å²) in [5.74, 6) is 1.61. The smallest absolute Gasteiger partial charge is 0.119 e. The molecule has 0 unspecified atom stereocenters. The molecule has 0 aliphatic heterocycles. The van der Waals surface area contributed by atoms with Crippen molar-refractivity contribution < 1.29 is 4.74 Å². The summed E-state index contributed by atoms with van der Waals surface area (Å²) in [5.41, 5.74) is 7.41. The molecule has 0 bridgehead atoms. The van der Waals surface area contributed by atoms with Crippen molar-refractivity contribution in [3.05, 3.63) is 27.3 Å². The van der Waals surface area contributed by atoms with E-state index in [0.717, 1.165) is 5.75 Å². The maximum atomic E-state index is 6.15. The molecule has 2 nitrogen and oxygen atoms in total. The Bertz CT molecular complexity index is 336. The second-order valence-corrected chi connectivity index (χ2v) is 4.91. The van der Waals surface area contributed by atoms with Crippen molar-refractivity contribution in [3.8, 4) is 5.75 Å². The van der Waals surface area contributed by atoms with Gasteiger partial charge in [0, 0.05) is 9.61 Å². The zero-order valence-corrected chi connectivity index (χ0v) is 10.3. The Hall–Kier alpha value is -0.290. The van der Waals surface area contributed by atoms with Crippen molar-refractivity contribution >= 4 is 22.6 Å². The van der Waals surface area contributed by atoms with Gasteiger partial charge in [-0.05, 0) is 59.0 Å². The lowest BCUT2D eigenvalue weighted by Gasteiger charge is -2.13. The van der Waals surface area contributed by atoms with Crippen molar-refractivity contribution in [3.63, 3.8) is 0 Å². The summed E-state index contributed by atoms with van der Waals surface area (Å²) in [7, 11) is 1.69. The van der Waals surface area contributed by atoms with Gasteiger partial charge in [0.2, 0.25) is 0 Å². The highest BCUT2D eigenvalue weighted by Crippen LogP contribution is 2.41. The molecule has 1 atom stereocenters. The lowest BCUT2D eigenvalue weighted by atomic mass is 10.0. The molecule has 2 N–H and O–H groups in total. The first-order chi connectivity index (χ1) is 6.72. The van der Waals surface area contributed by atoms with Crippen LogP contribution in [-0.4, -0.2) is 7.11 Å². The van der Waals surface area contributed by atoms with E-state index in [-0.39, 0.29) is 6.04 Å². The van der Waals surface area contributed by atoms with Crippen molar-refractivity contribution in [1.82, 2.24) is 0 Å². The van der Waals surface area contributed by atoms with E-state index in [1.165, 1.54) is 22.0 Å². The average Bonchev–Trinajstić information content (AvgIpc) is 3.00. The molecule has 0 amide bonds. The first kappa shape index (κ1) is 10.2. The Balaban J connectivity index is 2.24. The maximum Gasteiger partial charge on any atom is 0.119 e. The van der Waals surface area contributed by atoms with Crippen LogP contribution in [0.2, 0.25) is 0 Å². The monoisotopic (exact) mass is 303 g/mol. The van der Waals surface area contributed by atoms with Crippen molar-refractivity contribution in [1.29, 1.82) is 0 Å². The Morgan fingerprint density at radius 2 is 2.21 bits per heavy atom. The van der Waals surface area contributed by atoms with Crippen LogP contribution < -0.4 is 10.5 Å². The fourth-order valence-electron chi connectivity index (χ4n) is 1.61. The number of hydrogen-bond donors (Lipinski definition) is 1. The van der Waals surface area contributed by atoms with Crippen molar-refractivity contribution in [2.45, 2.75) is 18.9 Å². The molecular formula is C11H14INO. The summed E-state index contributed by atoms with van der Waals surface area (Å²) < 4.78 is 6.37. The van der Waals surface area contributed by atoms with E-state index < -0.39 is 0 Å². The first-order valence-electron chi connectivity index (χ1n) is 4.81. The molecule has 0 radical (unpaired) electrons. The van der Waals surface area contributed by atoms with Gasteiger partial charge >= 0.3 is 0 Å². The van der Waals surface area contributed by atoms with Gasteiger partial charge in [-0.1, -0.05) is 6.07 Å². The first-order valence-corrected chi connectivity index (χ1v) is 5.89. The minimum absolute atomic E-state index is 0.216. The molecule has 76 valence electrons. The van der Waals surface area contributed by atoms with Crippen LogP contribution in [0, 0.1) is 9.49 Å². The zero-order chi connectivity index (χ0) is 10.1. The Labute approximate surface area is 98.0 Å². The van der Waals surface area contributed by atoms with Crippen LogP contribution >= 0.6 is 22.6 Å². The molecule has 1 aliphatic carbocycles. The maximum absolute atomic E-state index is 6.15. The predicted molar refractivity (Wildman–Crippen MR) is 65.4 cm³/mol. The standard InChI is InChI=1S/C11H14INO/c1-14-8-4-5-9(10(12)6-8)11(13)7-2-3-7/h4-7,11H,2-3,13H2,1H3/t11-/m0/s1. The van der Waals surface area contributed by atoms with Crippen LogP contribution in [0.1, 0.15) is 24.4 Å². The fourth-order valence-corrected chi connectivity index (χ4v) is 2.46. The van der Waals surface area contributed by atoms with Crippen molar-refractivity contribution in [2.24, 2.45) is 11.7 Å². The molecule has 0 aromatic heterocycles. The normalized spacial score (nSPS) is 17.9. The Morgan fingerprint density at radius 1 is 1.50 bits per heavy atom. The Kier molecular flexibility index (Phi) is 2.97. The summed E-state index contributed by atoms with van der Waals surface area (Å²) in [6.45, 7) is 0. The quantitative estimate of drug-likeness (QED) is 0.871. The number of rotatable bonds is 3. The van der Waals surface area contributed by atoms with Crippen LogP contribution in [0.15, 0.2) is 18.2 Å². The summed E-state index contributed by atoms with van der Waals surface area (Å²) in [5, 5.41) is 0.